The Labute approximate surface area is 130 Å². The van der Waals surface area contributed by atoms with E-state index in [1.807, 2.05) is 38.2 Å². The predicted molar refractivity (Wildman–Crippen MR) is 83.5 cm³/mol. The monoisotopic (exact) mass is 301 g/mol. The normalized spacial score (nSPS) is 18.7. The molecule has 1 aliphatic rings. The molecule has 3 rings (SSSR count). The van der Waals surface area contributed by atoms with Crippen molar-refractivity contribution in [3.8, 4) is 0 Å². The summed E-state index contributed by atoms with van der Waals surface area (Å²) in [4.78, 5) is 19.1. The van der Waals surface area contributed by atoms with E-state index in [4.69, 9.17) is 0 Å². The maximum absolute atomic E-state index is 12.5. The van der Waals surface area contributed by atoms with Crippen LogP contribution < -0.4 is 0 Å². The number of hydrogen-bond donors (Lipinski definition) is 0. The maximum atomic E-state index is 12.5. The number of aromatic nitrogens is 4. The quantitative estimate of drug-likeness (QED) is 0.866. The summed E-state index contributed by atoms with van der Waals surface area (Å²) in [5, 5.41) is 4.20. The lowest BCUT2D eigenvalue weighted by atomic mass is 9.97. The lowest BCUT2D eigenvalue weighted by molar-refractivity contribution is -0.133. The van der Waals surface area contributed by atoms with Crippen LogP contribution in [0.2, 0.25) is 0 Å². The summed E-state index contributed by atoms with van der Waals surface area (Å²) in [5.74, 6) is 1.56. The van der Waals surface area contributed by atoms with E-state index in [0.29, 0.717) is 12.5 Å². The number of amides is 1. The van der Waals surface area contributed by atoms with Crippen molar-refractivity contribution in [2.45, 2.75) is 39.2 Å². The third-order valence-electron chi connectivity index (χ3n) is 4.23. The number of hydrogen-bond acceptors (Lipinski definition) is 3. The second kappa shape index (κ2) is 5.94. The molecule has 1 atom stereocenters. The van der Waals surface area contributed by atoms with Crippen LogP contribution in [-0.4, -0.2) is 43.2 Å². The fraction of sp³-hybridized carbons (Fsp3) is 0.562. The minimum absolute atomic E-state index is 0.138. The van der Waals surface area contributed by atoms with Crippen LogP contribution in [0.5, 0.6) is 0 Å². The van der Waals surface area contributed by atoms with Crippen LogP contribution >= 0.6 is 0 Å². The summed E-state index contributed by atoms with van der Waals surface area (Å²) in [6.07, 6.45) is 7.85. The van der Waals surface area contributed by atoms with E-state index in [1.54, 1.807) is 10.9 Å². The highest BCUT2D eigenvalue weighted by molar-refractivity contribution is 5.76. The van der Waals surface area contributed by atoms with Crippen LogP contribution in [0.3, 0.4) is 0 Å². The van der Waals surface area contributed by atoms with Gasteiger partial charge in [0.2, 0.25) is 5.91 Å². The second-order valence-corrected chi connectivity index (χ2v) is 6.25. The summed E-state index contributed by atoms with van der Waals surface area (Å²) < 4.78 is 3.80. The standard InChI is InChI=1S/C16H23N5O/c1-12-7-17-21(8-12)11-15(22)20-6-4-5-14(10-20)16-18-13(2)9-19(16)3/h7-9,14H,4-6,10-11H2,1-3H3/t14-/m0/s1. The van der Waals surface area contributed by atoms with Gasteiger partial charge in [-0.3, -0.25) is 9.48 Å². The van der Waals surface area contributed by atoms with E-state index in [9.17, 15) is 4.79 Å². The highest BCUT2D eigenvalue weighted by atomic mass is 16.2. The van der Waals surface area contributed by atoms with Gasteiger partial charge in [-0.15, -0.1) is 0 Å². The fourth-order valence-corrected chi connectivity index (χ4v) is 3.22. The first-order chi connectivity index (χ1) is 10.5. The molecule has 2 aromatic rings. The molecule has 0 spiro atoms. The molecule has 0 radical (unpaired) electrons. The molecule has 1 saturated heterocycles. The molecule has 0 saturated carbocycles. The zero-order valence-corrected chi connectivity index (χ0v) is 13.5. The molecular formula is C16H23N5O. The van der Waals surface area contributed by atoms with Crippen molar-refractivity contribution in [2.24, 2.45) is 7.05 Å². The van der Waals surface area contributed by atoms with Gasteiger partial charge in [-0.05, 0) is 32.3 Å². The molecule has 0 N–H and O–H groups in total. The van der Waals surface area contributed by atoms with Crippen molar-refractivity contribution in [3.05, 3.63) is 35.7 Å². The number of piperidine rings is 1. The molecule has 6 nitrogen and oxygen atoms in total. The Hall–Kier alpha value is -2.11. The molecule has 0 unspecified atom stereocenters. The number of aryl methyl sites for hydroxylation is 3. The van der Waals surface area contributed by atoms with E-state index >= 15 is 0 Å². The molecule has 1 aliphatic heterocycles. The van der Waals surface area contributed by atoms with Crippen LogP contribution in [0.15, 0.2) is 18.6 Å². The second-order valence-electron chi connectivity index (χ2n) is 6.25. The molecule has 6 heteroatoms. The number of rotatable bonds is 3. The maximum Gasteiger partial charge on any atom is 0.244 e. The molecule has 0 aromatic carbocycles. The minimum atomic E-state index is 0.138. The Bertz CT molecular complexity index is 672. The fourth-order valence-electron chi connectivity index (χ4n) is 3.22. The lowest BCUT2D eigenvalue weighted by Gasteiger charge is -2.32. The summed E-state index contributed by atoms with van der Waals surface area (Å²) >= 11 is 0. The molecule has 3 heterocycles. The van der Waals surface area contributed by atoms with Gasteiger partial charge in [0.15, 0.2) is 0 Å². The van der Waals surface area contributed by atoms with Crippen LogP contribution in [0.25, 0.3) is 0 Å². The molecule has 0 bridgehead atoms. The Kier molecular flexibility index (Phi) is 4.00. The molecule has 22 heavy (non-hydrogen) atoms. The largest absolute Gasteiger partial charge is 0.340 e. The number of nitrogens with zero attached hydrogens (tertiary/aromatic N) is 5. The first kappa shape index (κ1) is 14.8. The van der Waals surface area contributed by atoms with E-state index in [2.05, 4.69) is 14.6 Å². The number of carbonyl (C=O) groups is 1. The van der Waals surface area contributed by atoms with E-state index in [-0.39, 0.29) is 5.91 Å². The summed E-state index contributed by atoms with van der Waals surface area (Å²) in [6.45, 7) is 5.89. The van der Waals surface area contributed by atoms with E-state index < -0.39 is 0 Å². The van der Waals surface area contributed by atoms with E-state index in [0.717, 1.165) is 43.0 Å². The van der Waals surface area contributed by atoms with Crippen LogP contribution in [0.4, 0.5) is 0 Å². The Balaban J connectivity index is 1.67. The van der Waals surface area contributed by atoms with Gasteiger partial charge in [-0.25, -0.2) is 4.98 Å². The van der Waals surface area contributed by atoms with Crippen LogP contribution in [-0.2, 0) is 18.4 Å². The predicted octanol–water partition coefficient (Wildman–Crippen LogP) is 1.64. The third kappa shape index (κ3) is 3.05. The Morgan fingerprint density at radius 1 is 1.36 bits per heavy atom. The Morgan fingerprint density at radius 3 is 2.82 bits per heavy atom. The first-order valence-corrected chi connectivity index (χ1v) is 7.79. The molecule has 118 valence electrons. The van der Waals surface area contributed by atoms with Gasteiger partial charge < -0.3 is 9.47 Å². The van der Waals surface area contributed by atoms with Gasteiger partial charge in [-0.1, -0.05) is 0 Å². The van der Waals surface area contributed by atoms with Gasteiger partial charge >= 0.3 is 0 Å². The van der Waals surface area contributed by atoms with Crippen molar-refractivity contribution >= 4 is 5.91 Å². The number of carbonyl (C=O) groups excluding carboxylic acids is 1. The smallest absolute Gasteiger partial charge is 0.244 e. The third-order valence-corrected chi connectivity index (χ3v) is 4.23. The molecule has 0 aliphatic carbocycles. The number of likely N-dealkylation sites (tertiary alicyclic amines) is 1. The molecular weight excluding hydrogens is 278 g/mol. The van der Waals surface area contributed by atoms with Gasteiger partial charge in [0, 0.05) is 38.4 Å². The lowest BCUT2D eigenvalue weighted by Crippen LogP contribution is -2.41. The number of imidazole rings is 1. The topological polar surface area (TPSA) is 56.0 Å². The highest BCUT2D eigenvalue weighted by Crippen LogP contribution is 2.26. The molecule has 1 amide bonds. The first-order valence-electron chi connectivity index (χ1n) is 7.79. The average Bonchev–Trinajstić information content (AvgIpc) is 3.04. The Morgan fingerprint density at radius 2 is 2.18 bits per heavy atom. The highest BCUT2D eigenvalue weighted by Gasteiger charge is 2.27. The summed E-state index contributed by atoms with van der Waals surface area (Å²) in [7, 11) is 2.03. The molecule has 1 fully saturated rings. The van der Waals surface area contributed by atoms with Crippen molar-refractivity contribution in [3.63, 3.8) is 0 Å². The van der Waals surface area contributed by atoms with Crippen molar-refractivity contribution in [2.75, 3.05) is 13.1 Å². The van der Waals surface area contributed by atoms with Gasteiger partial charge in [-0.2, -0.15) is 5.10 Å². The minimum Gasteiger partial charge on any atom is -0.340 e. The van der Waals surface area contributed by atoms with E-state index in [1.165, 1.54) is 0 Å². The van der Waals surface area contributed by atoms with Gasteiger partial charge in [0.25, 0.3) is 0 Å². The van der Waals surface area contributed by atoms with Crippen molar-refractivity contribution in [1.82, 2.24) is 24.2 Å². The van der Waals surface area contributed by atoms with Crippen LogP contribution in [0.1, 0.15) is 35.8 Å². The zero-order chi connectivity index (χ0) is 15.7. The van der Waals surface area contributed by atoms with Gasteiger partial charge in [0.05, 0.1) is 11.9 Å². The SMILES string of the molecule is Cc1cnn(CC(=O)N2CCC[C@H](c3nc(C)cn3C)C2)c1. The van der Waals surface area contributed by atoms with Crippen molar-refractivity contribution < 1.29 is 4.79 Å². The molecule has 2 aromatic heterocycles. The van der Waals surface area contributed by atoms with Gasteiger partial charge in [0.1, 0.15) is 12.4 Å². The average molecular weight is 301 g/mol. The summed E-state index contributed by atoms with van der Waals surface area (Å²) in [5.41, 5.74) is 2.11. The summed E-state index contributed by atoms with van der Waals surface area (Å²) in [6, 6.07) is 0. The van der Waals surface area contributed by atoms with Crippen LogP contribution in [0, 0.1) is 13.8 Å². The van der Waals surface area contributed by atoms with Crippen molar-refractivity contribution in [1.29, 1.82) is 0 Å². The zero-order valence-electron chi connectivity index (χ0n) is 13.5.